The summed E-state index contributed by atoms with van der Waals surface area (Å²) in [5.74, 6) is 0.360. The molecule has 1 fully saturated rings. The molecule has 2 amide bonds. The number of rotatable bonds is 7. The van der Waals surface area contributed by atoms with E-state index >= 15 is 0 Å². The van der Waals surface area contributed by atoms with Crippen molar-refractivity contribution in [3.8, 4) is 28.5 Å². The van der Waals surface area contributed by atoms with Gasteiger partial charge in [-0.05, 0) is 61.2 Å². The molecule has 2 atom stereocenters. The maximum Gasteiger partial charge on any atom is 0.573 e. The maximum absolute atomic E-state index is 12.9. The van der Waals surface area contributed by atoms with E-state index in [0.29, 0.717) is 16.3 Å². The van der Waals surface area contributed by atoms with Crippen molar-refractivity contribution in [1.82, 2.24) is 24.6 Å². The number of para-hydroxylation sites is 1. The van der Waals surface area contributed by atoms with E-state index in [2.05, 4.69) is 38.1 Å². The lowest BCUT2D eigenvalue weighted by Gasteiger charge is -2.11. The second kappa shape index (κ2) is 11.5. The maximum atomic E-state index is 12.9. The van der Waals surface area contributed by atoms with E-state index in [4.69, 9.17) is 0 Å². The molecule has 43 heavy (non-hydrogen) atoms. The van der Waals surface area contributed by atoms with E-state index in [1.165, 1.54) is 52.2 Å². The Morgan fingerprint density at radius 3 is 2.56 bits per heavy atom. The number of carbonyl (C=O) groups is 1. The topological polar surface area (TPSA) is 86.3 Å². The lowest BCUT2D eigenvalue weighted by molar-refractivity contribution is -0.274. The van der Waals surface area contributed by atoms with Gasteiger partial charge in [0, 0.05) is 28.6 Å². The Balaban J connectivity index is 1.10. The SMILES string of the molecule is CCc1ccccc1-n1c(C)cs/c1=N\C(=O)NC1CC1c1ccc(-c2ncn(-c3ccc(OC(F)(F)F)cc3)n2)cc1. The number of hydrogen-bond acceptors (Lipinski definition) is 5. The van der Waals surface area contributed by atoms with Crippen molar-refractivity contribution in [2.75, 3.05) is 0 Å². The van der Waals surface area contributed by atoms with Gasteiger partial charge in [0.1, 0.15) is 12.1 Å². The van der Waals surface area contributed by atoms with E-state index < -0.39 is 6.36 Å². The highest BCUT2D eigenvalue weighted by Crippen LogP contribution is 2.41. The van der Waals surface area contributed by atoms with Gasteiger partial charge in [0.25, 0.3) is 0 Å². The van der Waals surface area contributed by atoms with Crippen LogP contribution in [0.5, 0.6) is 5.75 Å². The molecular formula is C31H27F3N6O2S. The van der Waals surface area contributed by atoms with Crippen LogP contribution in [0.25, 0.3) is 22.8 Å². The number of urea groups is 1. The molecule has 6 rings (SSSR count). The molecule has 0 bridgehead atoms. The molecule has 5 aromatic rings. The summed E-state index contributed by atoms with van der Waals surface area (Å²) >= 11 is 1.44. The lowest BCUT2D eigenvalue weighted by atomic mass is 10.1. The first kappa shape index (κ1) is 28.4. The van der Waals surface area contributed by atoms with E-state index in [9.17, 15) is 18.0 Å². The highest BCUT2D eigenvalue weighted by atomic mass is 32.1. The number of benzene rings is 3. The zero-order valence-corrected chi connectivity index (χ0v) is 24.1. The minimum absolute atomic E-state index is 0.00108. The number of carbonyl (C=O) groups excluding carboxylic acids is 1. The van der Waals surface area contributed by atoms with Gasteiger partial charge in [-0.3, -0.25) is 4.57 Å². The summed E-state index contributed by atoms with van der Waals surface area (Å²) in [6, 6.07) is 21.0. The molecule has 220 valence electrons. The monoisotopic (exact) mass is 604 g/mol. The van der Waals surface area contributed by atoms with Crippen LogP contribution in [0, 0.1) is 6.92 Å². The number of aromatic nitrogens is 4. The summed E-state index contributed by atoms with van der Waals surface area (Å²) < 4.78 is 44.7. The Hall–Kier alpha value is -4.71. The van der Waals surface area contributed by atoms with Crippen molar-refractivity contribution in [2.45, 2.75) is 45.0 Å². The van der Waals surface area contributed by atoms with Gasteiger partial charge in [-0.15, -0.1) is 29.6 Å². The van der Waals surface area contributed by atoms with Crippen molar-refractivity contribution < 1.29 is 22.7 Å². The molecule has 2 aromatic heterocycles. The third kappa shape index (κ3) is 6.38. The normalized spacial score (nSPS) is 16.7. The molecule has 3 aromatic carbocycles. The number of amides is 2. The fourth-order valence-corrected chi connectivity index (χ4v) is 5.86. The highest BCUT2D eigenvalue weighted by molar-refractivity contribution is 7.07. The quantitative estimate of drug-likeness (QED) is 0.223. The zero-order chi connectivity index (χ0) is 30.1. The van der Waals surface area contributed by atoms with Crippen LogP contribution in [-0.2, 0) is 6.42 Å². The molecule has 1 saturated carbocycles. The second-order valence-electron chi connectivity index (χ2n) is 10.2. The minimum Gasteiger partial charge on any atom is -0.406 e. The fourth-order valence-electron chi connectivity index (χ4n) is 4.99. The Labute approximate surface area is 249 Å². The van der Waals surface area contributed by atoms with Crippen LogP contribution >= 0.6 is 11.3 Å². The van der Waals surface area contributed by atoms with Gasteiger partial charge in [-0.2, -0.15) is 4.99 Å². The van der Waals surface area contributed by atoms with Gasteiger partial charge in [-0.25, -0.2) is 14.5 Å². The number of nitrogens with zero attached hydrogens (tertiary/aromatic N) is 5. The molecule has 0 aliphatic heterocycles. The molecular weight excluding hydrogens is 577 g/mol. The Morgan fingerprint density at radius 1 is 1.09 bits per heavy atom. The van der Waals surface area contributed by atoms with E-state index in [1.54, 1.807) is 0 Å². The summed E-state index contributed by atoms with van der Waals surface area (Å²) in [4.78, 5) is 22.2. The number of thiazole rings is 1. The summed E-state index contributed by atoms with van der Waals surface area (Å²) in [7, 11) is 0. The number of ether oxygens (including phenoxy) is 1. The summed E-state index contributed by atoms with van der Waals surface area (Å²) in [5.41, 5.74) is 5.67. The molecule has 8 nitrogen and oxygen atoms in total. The van der Waals surface area contributed by atoms with Gasteiger partial charge < -0.3 is 10.1 Å². The highest BCUT2D eigenvalue weighted by Gasteiger charge is 2.39. The Bertz CT molecular complexity index is 1820. The largest absolute Gasteiger partial charge is 0.573 e. The Kier molecular flexibility index (Phi) is 7.61. The summed E-state index contributed by atoms with van der Waals surface area (Å²) in [6.45, 7) is 4.12. The van der Waals surface area contributed by atoms with Crippen molar-refractivity contribution >= 4 is 17.4 Å². The van der Waals surface area contributed by atoms with Crippen molar-refractivity contribution in [3.05, 3.63) is 106 Å². The molecule has 0 saturated heterocycles. The van der Waals surface area contributed by atoms with Crippen molar-refractivity contribution in [2.24, 2.45) is 4.99 Å². The average Bonchev–Trinajstić information content (AvgIpc) is 3.39. The van der Waals surface area contributed by atoms with Gasteiger partial charge in [0.2, 0.25) is 0 Å². The standard InChI is InChI=1S/C31H27F3N6O2S/c1-3-20-6-4-5-7-27(20)40-19(2)17-43-30(40)37-29(41)36-26-16-25(26)21-8-10-22(11-9-21)28-35-18-39(38-28)23-12-14-24(15-13-23)42-31(32,33)34/h4-15,17-18,25-26H,3,16H2,1-2H3,(H,36,41)/b37-30-. The summed E-state index contributed by atoms with van der Waals surface area (Å²) in [6.07, 6.45) is -1.55. The predicted octanol–water partition coefficient (Wildman–Crippen LogP) is 6.72. The van der Waals surface area contributed by atoms with Crippen LogP contribution in [0.4, 0.5) is 18.0 Å². The van der Waals surface area contributed by atoms with Crippen LogP contribution in [0.15, 0.2) is 89.5 Å². The van der Waals surface area contributed by atoms with Crippen LogP contribution in [0.1, 0.15) is 36.1 Å². The van der Waals surface area contributed by atoms with Crippen LogP contribution in [0.2, 0.25) is 0 Å². The molecule has 0 spiro atoms. The van der Waals surface area contributed by atoms with Gasteiger partial charge in [0.05, 0.1) is 11.4 Å². The smallest absolute Gasteiger partial charge is 0.406 e. The predicted molar refractivity (Wildman–Crippen MR) is 156 cm³/mol. The zero-order valence-electron chi connectivity index (χ0n) is 23.2. The minimum atomic E-state index is -4.75. The summed E-state index contributed by atoms with van der Waals surface area (Å²) in [5, 5.41) is 9.49. The average molecular weight is 605 g/mol. The first-order chi connectivity index (χ1) is 20.7. The van der Waals surface area contributed by atoms with Gasteiger partial charge in [-0.1, -0.05) is 49.4 Å². The lowest BCUT2D eigenvalue weighted by Crippen LogP contribution is -2.27. The third-order valence-corrected chi connectivity index (χ3v) is 8.16. The van der Waals surface area contributed by atoms with E-state index in [0.717, 1.165) is 35.3 Å². The molecule has 12 heteroatoms. The number of halogens is 3. The van der Waals surface area contributed by atoms with Crippen molar-refractivity contribution in [1.29, 1.82) is 0 Å². The van der Waals surface area contributed by atoms with Gasteiger partial charge >= 0.3 is 12.4 Å². The second-order valence-corrected chi connectivity index (χ2v) is 11.0. The Morgan fingerprint density at radius 2 is 1.84 bits per heavy atom. The first-order valence-corrected chi connectivity index (χ1v) is 14.6. The molecule has 2 heterocycles. The molecule has 0 radical (unpaired) electrons. The van der Waals surface area contributed by atoms with Crippen molar-refractivity contribution in [3.63, 3.8) is 0 Å². The van der Waals surface area contributed by atoms with E-state index in [-0.39, 0.29) is 23.7 Å². The molecule has 1 N–H and O–H groups in total. The number of aryl methyl sites for hydroxylation is 2. The van der Waals surface area contributed by atoms with Crippen LogP contribution in [-0.4, -0.2) is 37.8 Å². The fraction of sp³-hybridized carbons (Fsp3) is 0.226. The number of nitrogens with one attached hydrogen (secondary N) is 1. The van der Waals surface area contributed by atoms with Crippen LogP contribution < -0.4 is 14.9 Å². The third-order valence-electron chi connectivity index (χ3n) is 7.21. The van der Waals surface area contributed by atoms with E-state index in [1.807, 2.05) is 59.3 Å². The number of hydrogen-bond donors (Lipinski definition) is 1. The number of alkyl halides is 3. The molecule has 2 unspecified atom stereocenters. The molecule has 1 aliphatic carbocycles. The molecule has 1 aliphatic rings. The van der Waals surface area contributed by atoms with Crippen LogP contribution in [0.3, 0.4) is 0 Å². The first-order valence-electron chi connectivity index (χ1n) is 13.7. The van der Waals surface area contributed by atoms with Gasteiger partial charge in [0.15, 0.2) is 10.6 Å².